The van der Waals surface area contributed by atoms with Gasteiger partial charge in [0.15, 0.2) is 0 Å². The Morgan fingerprint density at radius 3 is 2.70 bits per heavy atom. The van der Waals surface area contributed by atoms with Crippen molar-refractivity contribution in [3.63, 3.8) is 0 Å². The molecule has 2 N–H and O–H groups in total. The van der Waals surface area contributed by atoms with E-state index in [-0.39, 0.29) is 18.2 Å². The lowest BCUT2D eigenvalue weighted by atomic mass is 9.70. The third kappa shape index (κ3) is 3.69. The van der Waals surface area contributed by atoms with Crippen molar-refractivity contribution in [2.45, 2.75) is 52.2 Å². The van der Waals surface area contributed by atoms with Gasteiger partial charge < -0.3 is 10.6 Å². The molecule has 2 aliphatic rings. The van der Waals surface area contributed by atoms with Crippen LogP contribution in [-0.4, -0.2) is 17.0 Å². The van der Waals surface area contributed by atoms with Gasteiger partial charge in [-0.05, 0) is 36.2 Å². The highest BCUT2D eigenvalue weighted by molar-refractivity contribution is 5.76. The number of carbonyl (C=O) groups excluding carboxylic acids is 1. The Kier molecular flexibility index (Phi) is 4.33. The lowest BCUT2D eigenvalue weighted by Gasteiger charge is -2.40. The summed E-state index contributed by atoms with van der Waals surface area (Å²) in [5, 5.41) is 6.49. The van der Waals surface area contributed by atoms with Crippen molar-refractivity contribution < 1.29 is 4.79 Å². The molecule has 1 heterocycles. The molecule has 4 nitrogen and oxygen atoms in total. The molecule has 1 aliphatic heterocycles. The molecule has 0 spiro atoms. The minimum absolute atomic E-state index is 0.0185. The van der Waals surface area contributed by atoms with Gasteiger partial charge in [-0.1, -0.05) is 51.1 Å². The zero-order valence-electron chi connectivity index (χ0n) is 14.3. The molecule has 1 aromatic rings. The first-order valence-corrected chi connectivity index (χ1v) is 8.51. The van der Waals surface area contributed by atoms with Crippen molar-refractivity contribution in [1.29, 1.82) is 0 Å². The predicted octanol–water partition coefficient (Wildman–Crippen LogP) is 3.99. The van der Waals surface area contributed by atoms with Crippen LogP contribution in [0.25, 0.3) is 0 Å². The van der Waals surface area contributed by atoms with Crippen molar-refractivity contribution >= 4 is 6.03 Å². The Hall–Kier alpha value is -1.97. The van der Waals surface area contributed by atoms with Gasteiger partial charge in [-0.2, -0.15) is 0 Å². The van der Waals surface area contributed by atoms with Crippen LogP contribution in [0.2, 0.25) is 0 Å². The highest BCUT2D eigenvalue weighted by Crippen LogP contribution is 2.38. The molecule has 0 bridgehead atoms. The molecule has 0 aromatic heterocycles. The number of nitrogens with one attached hydrogen (secondary N) is 2. The molecule has 0 saturated heterocycles. The number of amides is 2. The first-order valence-electron chi connectivity index (χ1n) is 8.51. The van der Waals surface area contributed by atoms with Gasteiger partial charge in [0.2, 0.25) is 0 Å². The average Bonchev–Trinajstić information content (AvgIpc) is 2.95. The van der Waals surface area contributed by atoms with E-state index < -0.39 is 0 Å². The van der Waals surface area contributed by atoms with Crippen LogP contribution in [0.1, 0.15) is 51.8 Å². The Labute approximate surface area is 138 Å². The van der Waals surface area contributed by atoms with Crippen molar-refractivity contribution in [2.75, 3.05) is 0 Å². The van der Waals surface area contributed by atoms with Gasteiger partial charge in [0.05, 0.1) is 0 Å². The van der Waals surface area contributed by atoms with E-state index in [4.69, 9.17) is 0 Å². The summed E-state index contributed by atoms with van der Waals surface area (Å²) in [6.45, 7) is 6.88. The van der Waals surface area contributed by atoms with Crippen LogP contribution in [0, 0.1) is 11.3 Å². The van der Waals surface area contributed by atoms with Gasteiger partial charge in [-0.25, -0.2) is 4.79 Å². The van der Waals surface area contributed by atoms with Crippen LogP contribution in [0.15, 0.2) is 42.7 Å². The largest absolute Gasteiger partial charge is 0.366 e. The normalized spacial score (nSPS) is 29.2. The first-order chi connectivity index (χ1) is 10.9. The number of nitrogens with zero attached hydrogens (tertiary/aromatic N) is 1. The summed E-state index contributed by atoms with van der Waals surface area (Å²) >= 11 is 0. The fourth-order valence-corrected chi connectivity index (χ4v) is 4.16. The number of hydrogen-bond acceptors (Lipinski definition) is 2. The maximum atomic E-state index is 12.7. The van der Waals surface area contributed by atoms with Crippen molar-refractivity contribution in [1.82, 2.24) is 15.5 Å². The second-order valence-corrected chi connectivity index (χ2v) is 7.76. The number of hydrogen-bond donors (Lipinski definition) is 2. The van der Waals surface area contributed by atoms with Crippen LogP contribution < -0.4 is 10.6 Å². The molecule has 1 fully saturated rings. The lowest BCUT2D eigenvalue weighted by molar-refractivity contribution is 0.143. The van der Waals surface area contributed by atoms with E-state index in [9.17, 15) is 4.79 Å². The Morgan fingerprint density at radius 1 is 1.26 bits per heavy atom. The molecule has 0 radical (unpaired) electrons. The van der Waals surface area contributed by atoms with Gasteiger partial charge in [0, 0.05) is 18.4 Å². The summed E-state index contributed by atoms with van der Waals surface area (Å²) in [6, 6.07) is 10.3. The zero-order valence-corrected chi connectivity index (χ0v) is 14.3. The number of carbonyl (C=O) groups is 1. The van der Waals surface area contributed by atoms with E-state index in [1.165, 1.54) is 6.42 Å². The molecular weight excluding hydrogens is 286 g/mol. The second kappa shape index (κ2) is 6.26. The SMILES string of the molecule is CC1CC(NC(=O)N2C=CNC2c2ccccc2)CC(C)(C)C1. The third-order valence-corrected chi connectivity index (χ3v) is 4.83. The monoisotopic (exact) mass is 313 g/mol. The summed E-state index contributed by atoms with van der Waals surface area (Å²) in [5.74, 6) is 0.654. The smallest absolute Gasteiger partial charge is 0.323 e. The van der Waals surface area contributed by atoms with Gasteiger partial charge >= 0.3 is 6.03 Å². The molecule has 1 aromatic carbocycles. The van der Waals surface area contributed by atoms with Crippen molar-refractivity contribution in [3.05, 3.63) is 48.3 Å². The highest BCUT2D eigenvalue weighted by Gasteiger charge is 2.34. The van der Waals surface area contributed by atoms with Crippen LogP contribution in [0.4, 0.5) is 4.79 Å². The van der Waals surface area contributed by atoms with Gasteiger partial charge in [0.1, 0.15) is 6.17 Å². The standard InChI is InChI=1S/C19H27N3O/c1-14-11-16(13-19(2,3)12-14)21-18(23)22-10-9-20-17(22)15-7-5-4-6-8-15/h4-10,14,16-17,20H,11-13H2,1-3H3,(H,21,23). The van der Waals surface area contributed by atoms with E-state index >= 15 is 0 Å². The minimum Gasteiger partial charge on any atom is -0.366 e. The van der Waals surface area contributed by atoms with E-state index in [1.54, 1.807) is 4.90 Å². The summed E-state index contributed by atoms with van der Waals surface area (Å²) < 4.78 is 0. The average molecular weight is 313 g/mol. The van der Waals surface area contributed by atoms with Crippen LogP contribution in [-0.2, 0) is 0 Å². The van der Waals surface area contributed by atoms with Crippen LogP contribution in [0.5, 0.6) is 0 Å². The molecule has 1 saturated carbocycles. The molecule has 3 rings (SSSR count). The van der Waals surface area contributed by atoms with Crippen molar-refractivity contribution in [3.8, 4) is 0 Å². The Balaban J connectivity index is 1.67. The number of rotatable bonds is 2. The summed E-state index contributed by atoms with van der Waals surface area (Å²) in [7, 11) is 0. The molecule has 3 atom stereocenters. The fraction of sp³-hybridized carbons (Fsp3) is 0.526. The zero-order chi connectivity index (χ0) is 16.4. The van der Waals surface area contributed by atoms with Crippen LogP contribution >= 0.6 is 0 Å². The number of urea groups is 1. The minimum atomic E-state index is -0.120. The Bertz CT molecular complexity index is 582. The quantitative estimate of drug-likeness (QED) is 0.867. The first kappa shape index (κ1) is 15.9. The molecule has 23 heavy (non-hydrogen) atoms. The molecule has 4 heteroatoms. The lowest BCUT2D eigenvalue weighted by Crippen LogP contribution is -2.48. The maximum Gasteiger partial charge on any atom is 0.323 e. The van der Waals surface area contributed by atoms with E-state index in [0.29, 0.717) is 11.3 Å². The topological polar surface area (TPSA) is 44.4 Å². The summed E-state index contributed by atoms with van der Waals surface area (Å²) in [6.07, 6.45) is 6.89. The fourth-order valence-electron chi connectivity index (χ4n) is 4.16. The molecular formula is C19H27N3O. The number of benzene rings is 1. The van der Waals surface area contributed by atoms with Gasteiger partial charge in [-0.15, -0.1) is 0 Å². The summed E-state index contributed by atoms with van der Waals surface area (Å²) in [4.78, 5) is 14.5. The van der Waals surface area contributed by atoms with Crippen LogP contribution in [0.3, 0.4) is 0 Å². The van der Waals surface area contributed by atoms with E-state index in [2.05, 4.69) is 31.4 Å². The molecule has 1 aliphatic carbocycles. The predicted molar refractivity (Wildman–Crippen MR) is 92.4 cm³/mol. The maximum absolute atomic E-state index is 12.7. The molecule has 2 amide bonds. The van der Waals surface area contributed by atoms with Gasteiger partial charge in [-0.3, -0.25) is 4.90 Å². The van der Waals surface area contributed by atoms with E-state index in [1.807, 2.05) is 42.7 Å². The summed E-state index contributed by atoms with van der Waals surface area (Å²) in [5.41, 5.74) is 1.39. The molecule has 124 valence electrons. The van der Waals surface area contributed by atoms with E-state index in [0.717, 1.165) is 18.4 Å². The third-order valence-electron chi connectivity index (χ3n) is 4.83. The Morgan fingerprint density at radius 2 is 2.00 bits per heavy atom. The molecule has 3 unspecified atom stereocenters. The van der Waals surface area contributed by atoms with Gasteiger partial charge in [0.25, 0.3) is 0 Å². The second-order valence-electron chi connectivity index (χ2n) is 7.76. The highest BCUT2D eigenvalue weighted by atomic mass is 16.2. The van der Waals surface area contributed by atoms with Crippen molar-refractivity contribution in [2.24, 2.45) is 11.3 Å².